The van der Waals surface area contributed by atoms with Crippen molar-refractivity contribution in [2.24, 2.45) is 0 Å². The van der Waals surface area contributed by atoms with Gasteiger partial charge >= 0.3 is 41.2 Å². The Balaban J connectivity index is 0. The Morgan fingerprint density at radius 3 is 2.11 bits per heavy atom. The van der Waals surface area contributed by atoms with Crippen molar-refractivity contribution in [3.8, 4) is 0 Å². The molecule has 0 fully saturated rings. The number of benzene rings is 1. The standard InChI is InChI=1S/C6H5OS.Na.H/c7-8-6-4-2-1-3-5-6;;/h1-5H;;/q2*+1;-1. The third-order valence-corrected chi connectivity index (χ3v) is 1.30. The molecular weight excluding hydrogens is 143 g/mol. The van der Waals surface area contributed by atoms with Crippen LogP contribution in [0.25, 0.3) is 0 Å². The van der Waals surface area contributed by atoms with Gasteiger partial charge in [-0.1, -0.05) is 18.2 Å². The summed E-state index contributed by atoms with van der Waals surface area (Å²) in [4.78, 5) is 0.771. The summed E-state index contributed by atoms with van der Waals surface area (Å²) in [6, 6.07) is 9.16. The monoisotopic (exact) mass is 149 g/mol. The zero-order valence-electron chi connectivity index (χ0n) is 6.20. The molecule has 1 nitrogen and oxygen atoms in total. The summed E-state index contributed by atoms with van der Waals surface area (Å²) in [5.41, 5.74) is 0. The predicted molar refractivity (Wildman–Crippen MR) is 33.9 cm³/mol. The quantitative estimate of drug-likeness (QED) is 0.354. The van der Waals surface area contributed by atoms with Gasteiger partial charge in [-0.25, -0.2) is 0 Å². The first-order valence-corrected chi connectivity index (χ1v) is 3.02. The molecule has 0 aliphatic heterocycles. The number of rotatable bonds is 1. The van der Waals surface area contributed by atoms with Crippen LogP contribution in [0.4, 0.5) is 0 Å². The van der Waals surface area contributed by atoms with Crippen molar-refractivity contribution in [3.05, 3.63) is 30.3 Å². The molecule has 1 aromatic rings. The largest absolute Gasteiger partial charge is 1.00 e. The smallest absolute Gasteiger partial charge is 1.00 e. The maximum absolute atomic E-state index is 10.0. The summed E-state index contributed by atoms with van der Waals surface area (Å²) in [7, 11) is 0. The minimum absolute atomic E-state index is 0. The van der Waals surface area contributed by atoms with Crippen molar-refractivity contribution in [3.63, 3.8) is 0 Å². The van der Waals surface area contributed by atoms with Crippen molar-refractivity contribution < 1.29 is 35.2 Å². The molecule has 0 unspecified atom stereocenters. The molecule has 0 radical (unpaired) electrons. The first kappa shape index (κ1) is 9.24. The van der Waals surface area contributed by atoms with E-state index in [0.29, 0.717) is 11.7 Å². The van der Waals surface area contributed by atoms with E-state index in [4.69, 9.17) is 0 Å². The van der Waals surface area contributed by atoms with Crippen LogP contribution in [0.15, 0.2) is 35.2 Å². The summed E-state index contributed by atoms with van der Waals surface area (Å²) in [6.07, 6.45) is 0. The van der Waals surface area contributed by atoms with Crippen LogP contribution in [0.1, 0.15) is 1.43 Å². The Bertz CT molecular complexity index is 180. The van der Waals surface area contributed by atoms with E-state index in [2.05, 4.69) is 0 Å². The van der Waals surface area contributed by atoms with Crippen molar-refractivity contribution in [2.75, 3.05) is 0 Å². The van der Waals surface area contributed by atoms with E-state index in [1.165, 1.54) is 0 Å². The molecule has 1 rings (SSSR count). The summed E-state index contributed by atoms with van der Waals surface area (Å²) in [5, 5.41) is 0. The first-order valence-electron chi connectivity index (χ1n) is 2.28. The van der Waals surface area contributed by atoms with E-state index >= 15 is 0 Å². The second-order valence-electron chi connectivity index (χ2n) is 1.40. The summed E-state index contributed by atoms with van der Waals surface area (Å²) >= 11 is 0.519. The Morgan fingerprint density at radius 1 is 1.22 bits per heavy atom. The number of hydrogen-bond acceptors (Lipinski definition) is 1. The van der Waals surface area contributed by atoms with Crippen LogP contribution >= 0.6 is 0 Å². The van der Waals surface area contributed by atoms with Gasteiger partial charge in [-0.3, -0.25) is 0 Å². The van der Waals surface area contributed by atoms with Crippen molar-refractivity contribution in [1.29, 1.82) is 0 Å². The molecule has 0 bridgehead atoms. The number of hydrogen-bond donors (Lipinski definition) is 0. The van der Waals surface area contributed by atoms with Crippen molar-refractivity contribution in [1.82, 2.24) is 0 Å². The van der Waals surface area contributed by atoms with Gasteiger partial charge in [-0.05, 0) is 0 Å². The predicted octanol–water partition coefficient (Wildman–Crippen LogP) is -1.41. The zero-order valence-corrected chi connectivity index (χ0v) is 8.02. The Morgan fingerprint density at radius 2 is 1.78 bits per heavy atom. The fourth-order valence-electron chi connectivity index (χ4n) is 0.476. The van der Waals surface area contributed by atoms with Gasteiger partial charge in [0.05, 0.1) is 0 Å². The molecule has 0 aliphatic rings. The van der Waals surface area contributed by atoms with Crippen LogP contribution < -0.4 is 29.6 Å². The van der Waals surface area contributed by atoms with Gasteiger partial charge in [0, 0.05) is 16.3 Å². The van der Waals surface area contributed by atoms with Crippen LogP contribution in [0.5, 0.6) is 0 Å². The van der Waals surface area contributed by atoms with E-state index < -0.39 is 0 Å². The maximum atomic E-state index is 10.0. The molecule has 0 spiro atoms. The van der Waals surface area contributed by atoms with Crippen LogP contribution in [-0.2, 0) is 15.9 Å². The van der Waals surface area contributed by atoms with Gasteiger partial charge in [0.2, 0.25) is 0 Å². The molecule has 0 aliphatic carbocycles. The zero-order chi connectivity index (χ0) is 5.82. The second kappa shape index (κ2) is 5.06. The third-order valence-electron chi connectivity index (χ3n) is 0.839. The fourth-order valence-corrected chi connectivity index (χ4v) is 0.744. The SMILES string of the molecule is O=[S+]c1ccccc1.[H-].[Na+]. The average Bonchev–Trinajstić information content (AvgIpc) is 1.90. The van der Waals surface area contributed by atoms with Crippen LogP contribution in [0, 0.1) is 0 Å². The van der Waals surface area contributed by atoms with E-state index in [-0.39, 0.29) is 31.0 Å². The van der Waals surface area contributed by atoms with Crippen LogP contribution in [0.3, 0.4) is 0 Å². The average molecular weight is 149 g/mol. The van der Waals surface area contributed by atoms with Crippen molar-refractivity contribution in [2.45, 2.75) is 4.90 Å². The molecule has 0 atom stereocenters. The van der Waals surface area contributed by atoms with E-state index in [9.17, 15) is 4.21 Å². The molecule has 0 aromatic heterocycles. The minimum atomic E-state index is 0. The van der Waals surface area contributed by atoms with Gasteiger partial charge in [-0.15, -0.1) is 0 Å². The van der Waals surface area contributed by atoms with E-state index in [0.717, 1.165) is 4.90 Å². The van der Waals surface area contributed by atoms with E-state index in [1.807, 2.05) is 18.2 Å². The second-order valence-corrected chi connectivity index (χ2v) is 2.03. The summed E-state index contributed by atoms with van der Waals surface area (Å²) < 4.78 is 10.0. The van der Waals surface area contributed by atoms with Gasteiger partial charge in [0.1, 0.15) is 0 Å². The van der Waals surface area contributed by atoms with Gasteiger partial charge < -0.3 is 1.43 Å². The molecule has 9 heavy (non-hydrogen) atoms. The molecular formula is C6H6NaOS+. The molecule has 1 aromatic carbocycles. The van der Waals surface area contributed by atoms with Gasteiger partial charge in [0.15, 0.2) is 0 Å². The molecule has 0 N–H and O–H groups in total. The Hall–Kier alpha value is 0.240. The Kier molecular flexibility index (Phi) is 5.19. The molecule has 0 heterocycles. The fraction of sp³-hybridized carbons (Fsp3) is 0. The van der Waals surface area contributed by atoms with E-state index in [1.54, 1.807) is 12.1 Å². The van der Waals surface area contributed by atoms with Crippen LogP contribution in [-0.4, -0.2) is 0 Å². The topological polar surface area (TPSA) is 17.1 Å². The molecule has 0 saturated heterocycles. The van der Waals surface area contributed by atoms with Gasteiger partial charge in [-0.2, -0.15) is 0 Å². The molecule has 3 heteroatoms. The first-order chi connectivity index (χ1) is 3.93. The van der Waals surface area contributed by atoms with Gasteiger partial charge in [0.25, 0.3) is 4.90 Å². The molecule has 0 saturated carbocycles. The Labute approximate surface area is 81.7 Å². The third kappa shape index (κ3) is 3.06. The van der Waals surface area contributed by atoms with Crippen molar-refractivity contribution >= 4 is 11.7 Å². The summed E-state index contributed by atoms with van der Waals surface area (Å²) in [5.74, 6) is 0. The minimum Gasteiger partial charge on any atom is -1.00 e. The van der Waals surface area contributed by atoms with Crippen LogP contribution in [0.2, 0.25) is 0 Å². The maximum Gasteiger partial charge on any atom is 1.00 e. The molecule has 42 valence electrons. The summed E-state index contributed by atoms with van der Waals surface area (Å²) in [6.45, 7) is 0. The normalized spacial score (nSPS) is 7.56. The molecule has 0 amide bonds.